The third-order valence-electron chi connectivity index (χ3n) is 5.56. The number of benzene rings is 3. The number of hydrogen-bond acceptors (Lipinski definition) is 3. The first-order valence-corrected chi connectivity index (χ1v) is 12.8. The number of amides is 1. The number of rotatable bonds is 8. The molecule has 38 heavy (non-hydrogen) atoms. The molecule has 0 aliphatic heterocycles. The summed E-state index contributed by atoms with van der Waals surface area (Å²) in [7, 11) is 0. The second-order valence-electron chi connectivity index (χ2n) is 8.51. The lowest BCUT2D eigenvalue weighted by Gasteiger charge is -2.14. The van der Waals surface area contributed by atoms with Gasteiger partial charge >= 0.3 is 5.97 Å². The molecule has 0 unspecified atom stereocenters. The van der Waals surface area contributed by atoms with E-state index in [1.807, 2.05) is 65.8 Å². The Hall–Kier alpha value is -3.93. The van der Waals surface area contributed by atoms with Crippen molar-refractivity contribution in [3.63, 3.8) is 0 Å². The Morgan fingerprint density at radius 3 is 2.21 bits per heavy atom. The lowest BCUT2D eigenvalue weighted by molar-refractivity contribution is 0.0691. The highest BCUT2D eigenvalue weighted by Crippen LogP contribution is 2.28. The summed E-state index contributed by atoms with van der Waals surface area (Å²) in [6, 6.07) is 13.7. The van der Waals surface area contributed by atoms with Gasteiger partial charge in [0, 0.05) is 12.1 Å². The molecule has 0 aromatic heterocycles. The fourth-order valence-electron chi connectivity index (χ4n) is 3.65. The van der Waals surface area contributed by atoms with E-state index in [4.69, 9.17) is 4.74 Å². The smallest absolute Gasteiger partial charge is 0.338 e. The molecule has 0 aliphatic rings. The molecule has 0 bridgehead atoms. The molecule has 3 rings (SSSR count). The highest BCUT2D eigenvalue weighted by atomic mass is 19.1. The Kier molecular flexibility index (Phi) is 13.5. The largest absolute Gasteiger partial charge is 0.494 e. The molecular formula is C32H40FNO4. The number of carbonyl (C=O) groups is 2. The van der Waals surface area contributed by atoms with Gasteiger partial charge in [0.15, 0.2) is 0 Å². The van der Waals surface area contributed by atoms with Crippen LogP contribution >= 0.6 is 0 Å². The minimum atomic E-state index is -1.31. The fraction of sp³-hybridized carbons (Fsp3) is 0.312. The van der Waals surface area contributed by atoms with E-state index < -0.39 is 11.8 Å². The van der Waals surface area contributed by atoms with Gasteiger partial charge in [-0.3, -0.25) is 4.79 Å². The molecule has 6 heteroatoms. The Morgan fingerprint density at radius 2 is 1.63 bits per heavy atom. The van der Waals surface area contributed by atoms with E-state index in [2.05, 4.69) is 11.9 Å². The molecular weight excluding hydrogens is 481 g/mol. The maximum atomic E-state index is 14.0. The molecule has 0 spiro atoms. The van der Waals surface area contributed by atoms with Crippen LogP contribution in [0.5, 0.6) is 5.75 Å². The average Bonchev–Trinajstić information content (AvgIpc) is 2.88. The number of carboxylic acids is 1. The van der Waals surface area contributed by atoms with Crippen LogP contribution in [0.15, 0.2) is 61.2 Å². The molecule has 0 heterocycles. The Bertz CT molecular complexity index is 1250. The molecule has 3 aromatic rings. The van der Waals surface area contributed by atoms with Crippen LogP contribution in [0.2, 0.25) is 0 Å². The zero-order valence-corrected chi connectivity index (χ0v) is 23.6. The van der Waals surface area contributed by atoms with Crippen LogP contribution in [0.1, 0.15) is 77.1 Å². The van der Waals surface area contributed by atoms with E-state index in [1.54, 1.807) is 25.1 Å². The fourth-order valence-corrected chi connectivity index (χ4v) is 3.65. The molecule has 0 fully saturated rings. The van der Waals surface area contributed by atoms with Crippen molar-refractivity contribution in [2.45, 2.75) is 61.4 Å². The first kappa shape index (κ1) is 32.1. The van der Waals surface area contributed by atoms with Crippen molar-refractivity contribution in [2.75, 3.05) is 6.61 Å². The second-order valence-corrected chi connectivity index (χ2v) is 8.51. The maximum absolute atomic E-state index is 14.0. The minimum Gasteiger partial charge on any atom is -0.494 e. The molecule has 0 aliphatic carbocycles. The van der Waals surface area contributed by atoms with Crippen LogP contribution in [0.3, 0.4) is 0 Å². The number of nitrogens with one attached hydrogen (secondary N) is 1. The van der Waals surface area contributed by atoms with Crippen LogP contribution in [0.25, 0.3) is 11.1 Å². The van der Waals surface area contributed by atoms with E-state index in [0.29, 0.717) is 29.8 Å². The maximum Gasteiger partial charge on any atom is 0.338 e. The third kappa shape index (κ3) is 8.87. The number of allylic oxidation sites excluding steroid dienone is 1. The number of ether oxygens (including phenoxy) is 1. The summed E-state index contributed by atoms with van der Waals surface area (Å²) in [5.41, 5.74) is 4.95. The third-order valence-corrected chi connectivity index (χ3v) is 5.56. The summed E-state index contributed by atoms with van der Waals surface area (Å²) >= 11 is 0. The highest BCUT2D eigenvalue weighted by Gasteiger charge is 2.16. The summed E-state index contributed by atoms with van der Waals surface area (Å²) in [4.78, 5) is 24.1. The van der Waals surface area contributed by atoms with Crippen LogP contribution in [0, 0.1) is 26.6 Å². The monoisotopic (exact) mass is 521 g/mol. The summed E-state index contributed by atoms with van der Waals surface area (Å²) in [5, 5.41) is 12.2. The topological polar surface area (TPSA) is 75.6 Å². The van der Waals surface area contributed by atoms with Crippen molar-refractivity contribution in [1.82, 2.24) is 5.32 Å². The number of halogens is 1. The van der Waals surface area contributed by atoms with Gasteiger partial charge in [-0.15, -0.1) is 6.58 Å². The summed E-state index contributed by atoms with van der Waals surface area (Å²) in [6.07, 6.45) is 2.66. The highest BCUT2D eigenvalue weighted by molar-refractivity contribution is 5.95. The van der Waals surface area contributed by atoms with Gasteiger partial charge in [0.25, 0.3) is 5.91 Å². The molecule has 0 atom stereocenters. The molecule has 3 aromatic carbocycles. The van der Waals surface area contributed by atoms with E-state index in [0.717, 1.165) is 34.4 Å². The van der Waals surface area contributed by atoms with Crippen molar-refractivity contribution in [3.8, 4) is 16.9 Å². The molecule has 5 nitrogen and oxygen atoms in total. The van der Waals surface area contributed by atoms with Gasteiger partial charge in [0.1, 0.15) is 11.6 Å². The van der Waals surface area contributed by atoms with Crippen molar-refractivity contribution in [3.05, 3.63) is 100 Å². The van der Waals surface area contributed by atoms with Gasteiger partial charge in [-0.05, 0) is 104 Å². The molecule has 0 radical (unpaired) electrons. The van der Waals surface area contributed by atoms with E-state index in [1.165, 1.54) is 12.1 Å². The normalized spacial score (nSPS) is 9.79. The van der Waals surface area contributed by atoms with E-state index in [-0.39, 0.29) is 11.5 Å². The second kappa shape index (κ2) is 16.0. The van der Waals surface area contributed by atoms with Crippen molar-refractivity contribution >= 4 is 11.9 Å². The minimum absolute atomic E-state index is 0.189. The lowest BCUT2D eigenvalue weighted by atomic mass is 9.94. The first-order chi connectivity index (χ1) is 18.1. The number of aryl methyl sites for hydroxylation is 3. The Balaban J connectivity index is 0.00000135. The summed E-state index contributed by atoms with van der Waals surface area (Å²) < 4.78 is 19.6. The average molecular weight is 522 g/mol. The molecule has 2 N–H and O–H groups in total. The van der Waals surface area contributed by atoms with Crippen molar-refractivity contribution in [2.24, 2.45) is 0 Å². The van der Waals surface area contributed by atoms with Crippen LogP contribution < -0.4 is 10.1 Å². The van der Waals surface area contributed by atoms with Crippen molar-refractivity contribution < 1.29 is 23.8 Å². The van der Waals surface area contributed by atoms with Gasteiger partial charge in [0.05, 0.1) is 12.2 Å². The Morgan fingerprint density at radius 1 is 0.974 bits per heavy atom. The van der Waals surface area contributed by atoms with E-state index in [9.17, 15) is 19.1 Å². The number of aromatic carboxylic acids is 1. The van der Waals surface area contributed by atoms with Crippen LogP contribution in [-0.2, 0) is 6.54 Å². The SMILES string of the molecule is C=CC.CC.CCCOc1ccc(C(=O)NCc2cc(-c3cc(C(=O)O)c(F)cc3C)ccc2C)c(C)c1. The quantitative estimate of drug-likeness (QED) is 0.294. The van der Waals surface area contributed by atoms with Gasteiger partial charge in [-0.1, -0.05) is 39.0 Å². The predicted molar refractivity (Wildman–Crippen MR) is 154 cm³/mol. The first-order valence-electron chi connectivity index (χ1n) is 12.8. The number of carboxylic acid groups (broad SMARTS) is 1. The van der Waals surface area contributed by atoms with Crippen molar-refractivity contribution in [1.29, 1.82) is 0 Å². The zero-order chi connectivity index (χ0) is 28.8. The molecule has 1 amide bonds. The number of carbonyl (C=O) groups excluding carboxylic acids is 1. The molecule has 204 valence electrons. The van der Waals surface area contributed by atoms with Crippen LogP contribution in [0.4, 0.5) is 4.39 Å². The van der Waals surface area contributed by atoms with Gasteiger partial charge < -0.3 is 15.2 Å². The summed E-state index contributed by atoms with van der Waals surface area (Å²) in [6.45, 7) is 17.8. The van der Waals surface area contributed by atoms with Gasteiger partial charge in [-0.2, -0.15) is 0 Å². The lowest BCUT2D eigenvalue weighted by Crippen LogP contribution is -2.24. The zero-order valence-electron chi connectivity index (χ0n) is 23.6. The summed E-state index contributed by atoms with van der Waals surface area (Å²) in [5.74, 6) is -1.52. The van der Waals surface area contributed by atoms with Crippen LogP contribution in [-0.4, -0.2) is 23.6 Å². The van der Waals surface area contributed by atoms with Gasteiger partial charge in [0.2, 0.25) is 0 Å². The standard InChI is InChI=1S/C27H28FNO4.C3H6.C2H6/c1-5-10-33-21-8-9-22(17(3)11-21)26(30)29-15-20-13-19(7-6-16(20)2)23-14-24(27(31)32)25(28)12-18(23)4;1-3-2;1-2/h6-9,11-14H,5,10,15H2,1-4H3,(H,29,30)(H,31,32);3H,1H2,2H3;1-2H3. The molecule has 0 saturated carbocycles. The molecule has 0 saturated heterocycles. The predicted octanol–water partition coefficient (Wildman–Crippen LogP) is 8.05. The van der Waals surface area contributed by atoms with E-state index >= 15 is 0 Å². The van der Waals surface area contributed by atoms with Gasteiger partial charge in [-0.25, -0.2) is 9.18 Å². The number of hydrogen-bond donors (Lipinski definition) is 2. The Labute approximate surface area is 226 Å².